The van der Waals surface area contributed by atoms with Crippen LogP contribution in [0.3, 0.4) is 0 Å². The van der Waals surface area contributed by atoms with Gasteiger partial charge in [-0.3, -0.25) is 10.2 Å². The van der Waals surface area contributed by atoms with Crippen LogP contribution in [0.2, 0.25) is 5.02 Å². The molecule has 0 bridgehead atoms. The first kappa shape index (κ1) is 22.0. The number of aromatic nitrogens is 1. The number of carbonyl (C=O) groups is 1. The lowest BCUT2D eigenvalue weighted by molar-refractivity contribution is 0.258. The molecule has 0 aliphatic rings. The van der Waals surface area contributed by atoms with Crippen molar-refractivity contribution < 1.29 is 22.3 Å². The summed E-state index contributed by atoms with van der Waals surface area (Å²) in [5.74, 6) is -0.237. The van der Waals surface area contributed by atoms with Crippen LogP contribution in [0.1, 0.15) is 0 Å². The van der Waals surface area contributed by atoms with Gasteiger partial charge in [-0.15, -0.1) is 0 Å². The van der Waals surface area contributed by atoms with Gasteiger partial charge in [0.1, 0.15) is 11.6 Å². The Morgan fingerprint density at radius 3 is 2.73 bits per heavy atom. The van der Waals surface area contributed by atoms with Crippen molar-refractivity contribution in [1.29, 1.82) is 0 Å². The molecule has 3 rings (SSSR count). The number of sulfonamides is 1. The average Bonchev–Trinajstić information content (AvgIpc) is 3.16. The summed E-state index contributed by atoms with van der Waals surface area (Å²) in [6.07, 6.45) is 1.40. The Morgan fingerprint density at radius 2 is 2.03 bits per heavy atom. The molecule has 158 valence electrons. The van der Waals surface area contributed by atoms with Crippen molar-refractivity contribution >= 4 is 49.8 Å². The van der Waals surface area contributed by atoms with Crippen molar-refractivity contribution in [2.45, 2.75) is 4.90 Å². The van der Waals surface area contributed by atoms with E-state index in [1.54, 1.807) is 6.07 Å². The van der Waals surface area contributed by atoms with Crippen LogP contribution in [-0.2, 0) is 10.0 Å². The summed E-state index contributed by atoms with van der Waals surface area (Å²) in [6.45, 7) is 0. The lowest BCUT2D eigenvalue weighted by atomic mass is 10.3. The topological polar surface area (TPSA) is 101 Å². The molecule has 0 unspecified atom stereocenters. The van der Waals surface area contributed by atoms with Crippen molar-refractivity contribution in [3.63, 3.8) is 0 Å². The Balaban J connectivity index is 1.69. The van der Waals surface area contributed by atoms with E-state index in [0.29, 0.717) is 16.5 Å². The number of nitrogens with one attached hydrogen (secondary N) is 2. The first-order valence-electron chi connectivity index (χ1n) is 8.36. The van der Waals surface area contributed by atoms with E-state index < -0.39 is 21.9 Å². The Kier molecular flexibility index (Phi) is 6.56. The van der Waals surface area contributed by atoms with E-state index in [-0.39, 0.29) is 15.0 Å². The normalized spacial score (nSPS) is 11.2. The molecule has 0 spiro atoms. The number of benzene rings is 2. The Bertz CT molecular complexity index is 1190. The molecule has 0 saturated carbocycles. The third-order valence-corrected chi connectivity index (χ3v) is 6.39. The fourth-order valence-electron chi connectivity index (χ4n) is 2.29. The molecule has 0 saturated heterocycles. The zero-order chi connectivity index (χ0) is 21.9. The van der Waals surface area contributed by atoms with Crippen molar-refractivity contribution in [3.8, 4) is 10.8 Å². The van der Waals surface area contributed by atoms with Crippen molar-refractivity contribution in [2.75, 3.05) is 24.3 Å². The average molecular weight is 471 g/mol. The van der Waals surface area contributed by atoms with Gasteiger partial charge in [-0.25, -0.2) is 27.3 Å². The number of carbonyl (C=O) groups excluding carboxylic acids is 1. The van der Waals surface area contributed by atoms with Gasteiger partial charge in [-0.05, 0) is 37.4 Å². The second kappa shape index (κ2) is 8.96. The number of urea groups is 1. The zero-order valence-electron chi connectivity index (χ0n) is 15.7. The van der Waals surface area contributed by atoms with E-state index in [9.17, 15) is 17.6 Å². The third-order valence-electron chi connectivity index (χ3n) is 3.90. The number of amides is 2. The minimum atomic E-state index is -3.64. The van der Waals surface area contributed by atoms with Crippen LogP contribution in [0, 0.1) is 5.82 Å². The van der Waals surface area contributed by atoms with Gasteiger partial charge in [0.2, 0.25) is 15.1 Å². The minimum Gasteiger partial charge on any atom is -0.445 e. The Morgan fingerprint density at radius 1 is 1.27 bits per heavy atom. The van der Waals surface area contributed by atoms with Crippen LogP contribution in [0.15, 0.2) is 53.6 Å². The quantitative estimate of drug-likeness (QED) is 0.559. The summed E-state index contributed by atoms with van der Waals surface area (Å²) >= 11 is 6.78. The van der Waals surface area contributed by atoms with Crippen LogP contribution in [-0.4, -0.2) is 33.5 Å². The molecule has 0 aliphatic heterocycles. The zero-order valence-corrected chi connectivity index (χ0v) is 18.1. The lowest BCUT2D eigenvalue weighted by Crippen LogP contribution is -2.31. The summed E-state index contributed by atoms with van der Waals surface area (Å²) in [5, 5.41) is 3.15. The molecule has 0 aliphatic carbocycles. The minimum absolute atomic E-state index is 0.0324. The largest absolute Gasteiger partial charge is 0.445 e. The van der Waals surface area contributed by atoms with Gasteiger partial charge >= 0.3 is 6.03 Å². The second-order valence-electron chi connectivity index (χ2n) is 5.86. The predicted molar refractivity (Wildman–Crippen MR) is 114 cm³/mol. The molecule has 0 fully saturated rings. The summed E-state index contributed by atoms with van der Waals surface area (Å²) in [5.41, 5.74) is 0.373. The molecular formula is C18H16ClFN4O4S2. The molecule has 3 aromatic rings. The molecule has 0 atom stereocenters. The monoisotopic (exact) mass is 470 g/mol. The van der Waals surface area contributed by atoms with Gasteiger partial charge in [0.25, 0.3) is 0 Å². The summed E-state index contributed by atoms with van der Waals surface area (Å²) in [6, 6.07) is 9.33. The first-order valence-corrected chi connectivity index (χ1v) is 11.0. The molecule has 0 radical (unpaired) electrons. The highest BCUT2D eigenvalue weighted by Gasteiger charge is 2.17. The van der Waals surface area contributed by atoms with E-state index in [0.717, 1.165) is 11.3 Å². The molecule has 2 aromatic carbocycles. The van der Waals surface area contributed by atoms with E-state index in [2.05, 4.69) is 15.0 Å². The molecule has 2 N–H and O–H groups in total. The van der Waals surface area contributed by atoms with Gasteiger partial charge < -0.3 is 4.74 Å². The van der Waals surface area contributed by atoms with Crippen LogP contribution in [0.5, 0.6) is 10.8 Å². The predicted octanol–water partition coefficient (Wildman–Crippen LogP) is 4.30. The number of rotatable bonds is 6. The van der Waals surface area contributed by atoms with E-state index in [1.165, 1.54) is 61.6 Å². The summed E-state index contributed by atoms with van der Waals surface area (Å²) in [4.78, 5) is 17.8. The highest BCUT2D eigenvalue weighted by atomic mass is 35.5. The first-order chi connectivity index (χ1) is 14.2. The molecule has 1 heterocycles. The number of hydrogen-bond donors (Lipinski definition) is 2. The number of nitrogens with zero attached hydrogens (tertiary/aromatic N) is 2. The molecule has 1 aromatic heterocycles. The standard InChI is InChI=1S/C18H16ClFN4O4S2/c1-21-30(26,27)13-5-3-4-11(8-13)24(2)18(25)23-17-22-10-16(29-17)28-12-6-7-15(20)14(19)9-12/h3-10,21H,1-2H3,(H,22,23,25). The fraction of sp³-hybridized carbons (Fsp3) is 0.111. The van der Waals surface area contributed by atoms with Gasteiger partial charge in [0, 0.05) is 18.8 Å². The fourth-order valence-corrected chi connectivity index (χ4v) is 3.91. The Labute approximate surface area is 181 Å². The van der Waals surface area contributed by atoms with Gasteiger partial charge in [0.15, 0.2) is 5.13 Å². The van der Waals surface area contributed by atoms with E-state index in [4.69, 9.17) is 16.3 Å². The van der Waals surface area contributed by atoms with E-state index >= 15 is 0 Å². The van der Waals surface area contributed by atoms with Crippen molar-refractivity contribution in [1.82, 2.24) is 9.71 Å². The number of anilines is 2. The van der Waals surface area contributed by atoms with Gasteiger partial charge in [-0.2, -0.15) is 0 Å². The van der Waals surface area contributed by atoms with Crippen LogP contribution in [0.4, 0.5) is 20.0 Å². The smallest absolute Gasteiger partial charge is 0.327 e. The van der Waals surface area contributed by atoms with Crippen molar-refractivity contribution in [3.05, 3.63) is 59.5 Å². The van der Waals surface area contributed by atoms with Crippen LogP contribution in [0.25, 0.3) is 0 Å². The maximum Gasteiger partial charge on any atom is 0.327 e. The number of halogens is 2. The maximum atomic E-state index is 13.2. The number of ether oxygens (including phenoxy) is 1. The van der Waals surface area contributed by atoms with Gasteiger partial charge in [-0.1, -0.05) is 29.0 Å². The summed E-state index contributed by atoms with van der Waals surface area (Å²) in [7, 11) is -0.841. The van der Waals surface area contributed by atoms with Crippen LogP contribution >= 0.6 is 22.9 Å². The molecule has 12 heteroatoms. The highest BCUT2D eigenvalue weighted by molar-refractivity contribution is 7.89. The second-order valence-corrected chi connectivity index (χ2v) is 9.14. The van der Waals surface area contributed by atoms with E-state index in [1.807, 2.05) is 0 Å². The molecular weight excluding hydrogens is 455 g/mol. The Hall–Kier alpha value is -2.73. The van der Waals surface area contributed by atoms with Gasteiger partial charge in [0.05, 0.1) is 16.1 Å². The maximum absolute atomic E-state index is 13.2. The SMILES string of the molecule is CNS(=O)(=O)c1cccc(N(C)C(=O)Nc2ncc(Oc3ccc(F)c(Cl)c3)s2)c1. The van der Waals surface area contributed by atoms with Crippen molar-refractivity contribution in [2.24, 2.45) is 0 Å². The molecule has 30 heavy (non-hydrogen) atoms. The lowest BCUT2D eigenvalue weighted by Gasteiger charge is -2.18. The number of thiazole rings is 1. The summed E-state index contributed by atoms with van der Waals surface area (Å²) < 4.78 is 44.9. The number of hydrogen-bond acceptors (Lipinski definition) is 6. The third kappa shape index (κ3) is 5.05. The molecule has 2 amide bonds. The molecule has 8 nitrogen and oxygen atoms in total. The van der Waals surface area contributed by atoms with Crippen LogP contribution < -0.4 is 19.7 Å². The highest BCUT2D eigenvalue weighted by Crippen LogP contribution is 2.32.